The first-order valence-electron chi connectivity index (χ1n) is 5.17. The minimum absolute atomic E-state index is 0.427. The number of nitrogens with two attached hydrogens (primary N) is 1. The molecule has 0 spiro atoms. The van der Waals surface area contributed by atoms with Crippen LogP contribution in [0.3, 0.4) is 0 Å². The van der Waals surface area contributed by atoms with Crippen molar-refractivity contribution in [1.29, 1.82) is 0 Å². The zero-order chi connectivity index (χ0) is 13.0. The highest BCUT2D eigenvalue weighted by Crippen LogP contribution is 2.28. The van der Waals surface area contributed by atoms with Crippen LogP contribution in [0.25, 0.3) is 0 Å². The standard InChI is InChI=1S/C12H12BrN3O2/c1-17-10-5-4-8(13)7-9(10)15-12(16-14)11-3-2-6-18-11/h2-7H,14H2,1H3,(H,15,16). The quantitative estimate of drug-likeness (QED) is 0.396. The van der Waals surface area contributed by atoms with Crippen LogP contribution >= 0.6 is 15.9 Å². The zero-order valence-electron chi connectivity index (χ0n) is 9.68. The Morgan fingerprint density at radius 1 is 1.44 bits per heavy atom. The average molecular weight is 310 g/mol. The molecule has 2 aromatic rings. The van der Waals surface area contributed by atoms with Crippen molar-refractivity contribution in [2.45, 2.75) is 0 Å². The number of rotatable bonds is 3. The Morgan fingerprint density at radius 2 is 2.28 bits per heavy atom. The van der Waals surface area contributed by atoms with Crippen LogP contribution in [0.15, 0.2) is 50.6 Å². The SMILES string of the molecule is COc1ccc(Br)cc1N/C(=N/N)c1ccco1. The Hall–Kier alpha value is -1.95. The van der Waals surface area contributed by atoms with Crippen molar-refractivity contribution in [1.82, 2.24) is 0 Å². The number of halogens is 1. The van der Waals surface area contributed by atoms with E-state index in [1.54, 1.807) is 25.5 Å². The van der Waals surface area contributed by atoms with Gasteiger partial charge < -0.3 is 20.3 Å². The third kappa shape index (κ3) is 2.65. The van der Waals surface area contributed by atoms with Crippen LogP contribution in [-0.4, -0.2) is 12.9 Å². The van der Waals surface area contributed by atoms with Crippen molar-refractivity contribution in [3.05, 3.63) is 46.8 Å². The summed E-state index contributed by atoms with van der Waals surface area (Å²) in [6.07, 6.45) is 1.56. The van der Waals surface area contributed by atoms with Crippen molar-refractivity contribution < 1.29 is 9.15 Å². The minimum atomic E-state index is 0.427. The number of nitrogens with zero attached hydrogens (tertiary/aromatic N) is 1. The monoisotopic (exact) mass is 309 g/mol. The summed E-state index contributed by atoms with van der Waals surface area (Å²) >= 11 is 3.40. The molecule has 6 heteroatoms. The van der Waals surface area contributed by atoms with Crippen LogP contribution in [0, 0.1) is 0 Å². The molecule has 3 N–H and O–H groups in total. The predicted molar refractivity (Wildman–Crippen MR) is 73.7 cm³/mol. The lowest BCUT2D eigenvalue weighted by molar-refractivity contribution is 0.417. The van der Waals surface area contributed by atoms with Gasteiger partial charge in [-0.1, -0.05) is 15.9 Å². The highest BCUT2D eigenvalue weighted by atomic mass is 79.9. The molecule has 2 rings (SSSR count). The second-order valence-corrected chi connectivity index (χ2v) is 4.34. The first-order chi connectivity index (χ1) is 8.74. The lowest BCUT2D eigenvalue weighted by atomic mass is 10.3. The Morgan fingerprint density at radius 3 is 2.89 bits per heavy atom. The Balaban J connectivity index is 2.30. The molecule has 1 aromatic carbocycles. The molecule has 0 amide bonds. The Kier molecular flexibility index (Phi) is 3.88. The maximum Gasteiger partial charge on any atom is 0.193 e. The van der Waals surface area contributed by atoms with E-state index in [2.05, 4.69) is 26.3 Å². The second kappa shape index (κ2) is 5.59. The topological polar surface area (TPSA) is 72.8 Å². The van der Waals surface area contributed by atoms with E-state index in [9.17, 15) is 0 Å². The van der Waals surface area contributed by atoms with Gasteiger partial charge in [-0.2, -0.15) is 5.10 Å². The molecular formula is C12H12BrN3O2. The molecule has 18 heavy (non-hydrogen) atoms. The fourth-order valence-electron chi connectivity index (χ4n) is 1.48. The number of hydrogen-bond donors (Lipinski definition) is 2. The summed E-state index contributed by atoms with van der Waals surface area (Å²) in [7, 11) is 1.60. The molecule has 0 aliphatic carbocycles. The van der Waals surface area contributed by atoms with E-state index >= 15 is 0 Å². The van der Waals surface area contributed by atoms with E-state index < -0.39 is 0 Å². The first-order valence-corrected chi connectivity index (χ1v) is 5.96. The van der Waals surface area contributed by atoms with E-state index in [0.717, 1.165) is 10.2 Å². The summed E-state index contributed by atoms with van der Waals surface area (Å²) < 4.78 is 11.4. The Bertz CT molecular complexity index is 552. The lowest BCUT2D eigenvalue weighted by Crippen LogP contribution is -2.15. The van der Waals surface area contributed by atoms with Crippen molar-refractivity contribution in [2.75, 3.05) is 12.4 Å². The average Bonchev–Trinajstić information content (AvgIpc) is 2.90. The molecule has 1 heterocycles. The molecule has 1 aromatic heterocycles. The van der Waals surface area contributed by atoms with Crippen LogP contribution in [0.2, 0.25) is 0 Å². The summed E-state index contributed by atoms with van der Waals surface area (Å²) in [6, 6.07) is 9.12. The number of anilines is 1. The fourth-order valence-corrected chi connectivity index (χ4v) is 1.84. The van der Waals surface area contributed by atoms with E-state index in [1.807, 2.05) is 18.2 Å². The summed E-state index contributed by atoms with van der Waals surface area (Å²) in [6.45, 7) is 0. The number of nitrogens with one attached hydrogen (secondary N) is 1. The van der Waals surface area contributed by atoms with Gasteiger partial charge in [-0.25, -0.2) is 0 Å². The fraction of sp³-hybridized carbons (Fsp3) is 0.0833. The molecule has 0 bridgehead atoms. The Labute approximate surface area is 113 Å². The third-order valence-corrected chi connectivity index (χ3v) is 2.79. The van der Waals surface area contributed by atoms with Gasteiger partial charge in [0.25, 0.3) is 0 Å². The number of benzene rings is 1. The summed E-state index contributed by atoms with van der Waals surface area (Å²) in [5.41, 5.74) is 0.743. The number of furan rings is 1. The lowest BCUT2D eigenvalue weighted by Gasteiger charge is -2.11. The third-order valence-electron chi connectivity index (χ3n) is 2.30. The van der Waals surface area contributed by atoms with Gasteiger partial charge in [0.1, 0.15) is 5.75 Å². The maximum atomic E-state index is 5.35. The van der Waals surface area contributed by atoms with Crippen LogP contribution in [0.5, 0.6) is 5.75 Å². The van der Waals surface area contributed by atoms with Gasteiger partial charge in [0.15, 0.2) is 11.6 Å². The maximum absolute atomic E-state index is 5.35. The first kappa shape index (κ1) is 12.5. The predicted octanol–water partition coefficient (Wildman–Crippen LogP) is 2.78. The minimum Gasteiger partial charge on any atom is -0.495 e. The molecule has 0 saturated heterocycles. The number of amidine groups is 1. The van der Waals surface area contributed by atoms with Crippen molar-refractivity contribution >= 4 is 27.5 Å². The molecule has 94 valence electrons. The number of ether oxygens (including phenoxy) is 1. The van der Waals surface area contributed by atoms with Gasteiger partial charge in [-0.3, -0.25) is 0 Å². The highest BCUT2D eigenvalue weighted by Gasteiger charge is 2.10. The van der Waals surface area contributed by atoms with Crippen molar-refractivity contribution in [3.63, 3.8) is 0 Å². The van der Waals surface area contributed by atoms with E-state index in [1.165, 1.54) is 0 Å². The summed E-state index contributed by atoms with van der Waals surface area (Å²) in [4.78, 5) is 0. The smallest absolute Gasteiger partial charge is 0.193 e. The van der Waals surface area contributed by atoms with Gasteiger partial charge in [0, 0.05) is 4.47 Å². The van der Waals surface area contributed by atoms with Crippen LogP contribution in [0.4, 0.5) is 5.69 Å². The molecule has 0 fully saturated rings. The van der Waals surface area contributed by atoms with Gasteiger partial charge in [-0.15, -0.1) is 0 Å². The molecule has 0 saturated carbocycles. The second-order valence-electron chi connectivity index (χ2n) is 3.42. The molecule has 0 unspecified atom stereocenters. The molecule has 0 aliphatic rings. The van der Waals surface area contributed by atoms with Crippen LogP contribution in [0.1, 0.15) is 5.76 Å². The largest absolute Gasteiger partial charge is 0.495 e. The number of hydrazone groups is 1. The van der Waals surface area contributed by atoms with Crippen molar-refractivity contribution in [2.24, 2.45) is 10.9 Å². The molecule has 0 aliphatic heterocycles. The molecule has 0 radical (unpaired) electrons. The molecular weight excluding hydrogens is 298 g/mol. The van der Waals surface area contributed by atoms with E-state index in [-0.39, 0.29) is 0 Å². The van der Waals surface area contributed by atoms with E-state index in [0.29, 0.717) is 17.3 Å². The normalized spacial score (nSPS) is 11.3. The van der Waals surface area contributed by atoms with Gasteiger partial charge >= 0.3 is 0 Å². The van der Waals surface area contributed by atoms with Crippen molar-refractivity contribution in [3.8, 4) is 5.75 Å². The van der Waals surface area contributed by atoms with E-state index in [4.69, 9.17) is 15.0 Å². The highest BCUT2D eigenvalue weighted by molar-refractivity contribution is 9.10. The molecule has 5 nitrogen and oxygen atoms in total. The zero-order valence-corrected chi connectivity index (χ0v) is 11.3. The number of methoxy groups -OCH3 is 1. The summed E-state index contributed by atoms with van der Waals surface area (Å²) in [5.74, 6) is 7.02. The summed E-state index contributed by atoms with van der Waals surface area (Å²) in [5, 5.41) is 6.74. The van der Waals surface area contributed by atoms with Gasteiger partial charge in [-0.05, 0) is 30.3 Å². The van der Waals surface area contributed by atoms with Gasteiger partial charge in [0.05, 0.1) is 19.1 Å². The van der Waals surface area contributed by atoms with Gasteiger partial charge in [0.2, 0.25) is 0 Å². The number of hydrogen-bond acceptors (Lipinski definition) is 4. The molecule has 0 atom stereocenters. The van der Waals surface area contributed by atoms with Crippen LogP contribution < -0.4 is 15.9 Å². The van der Waals surface area contributed by atoms with Crippen LogP contribution in [-0.2, 0) is 0 Å².